The molecule has 140 valence electrons. The van der Waals surface area contributed by atoms with Crippen molar-refractivity contribution in [2.24, 2.45) is 22.7 Å². The molecule has 0 rings (SSSR count). The van der Waals surface area contributed by atoms with Crippen molar-refractivity contribution in [2.45, 2.75) is 81.4 Å². The van der Waals surface area contributed by atoms with E-state index >= 15 is 0 Å². The second kappa shape index (κ2) is 8.68. The van der Waals surface area contributed by atoms with Gasteiger partial charge >= 0.3 is 11.9 Å². The molecule has 0 aliphatic rings. The number of hydrogen-bond acceptors (Lipinski definition) is 4. The molecule has 0 radical (unpaired) electrons. The van der Waals surface area contributed by atoms with Crippen molar-refractivity contribution in [1.82, 2.24) is 0 Å². The maximum atomic E-state index is 12.0. The molecule has 0 N–H and O–H groups in total. The highest BCUT2D eigenvalue weighted by molar-refractivity contribution is 5.91. The average Bonchev–Trinajstić information content (AvgIpc) is 2.36. The van der Waals surface area contributed by atoms with E-state index in [9.17, 15) is 9.59 Å². The Morgan fingerprint density at radius 3 is 1.08 bits per heavy atom. The molecule has 4 heteroatoms. The quantitative estimate of drug-likeness (QED) is 0.516. The van der Waals surface area contributed by atoms with E-state index in [-0.39, 0.29) is 34.9 Å². The highest BCUT2D eigenvalue weighted by Gasteiger charge is 2.32. The lowest BCUT2D eigenvalue weighted by atomic mass is 9.82. The number of esters is 2. The van der Waals surface area contributed by atoms with Gasteiger partial charge in [0.25, 0.3) is 0 Å². The monoisotopic (exact) mass is 340 g/mol. The van der Waals surface area contributed by atoms with Crippen LogP contribution in [0.2, 0.25) is 0 Å². The maximum Gasteiger partial charge on any atom is 0.331 e. The normalized spacial score (nSPS) is 15.7. The second-order valence-corrected chi connectivity index (χ2v) is 9.27. The third-order valence-corrected chi connectivity index (χ3v) is 3.76. The molecule has 24 heavy (non-hydrogen) atoms. The highest BCUT2D eigenvalue weighted by atomic mass is 16.6. The molecule has 0 saturated heterocycles. The molecular formula is C20H36O4. The predicted octanol–water partition coefficient (Wildman–Crippen LogP) is 4.77. The van der Waals surface area contributed by atoms with Crippen molar-refractivity contribution in [2.75, 3.05) is 0 Å². The van der Waals surface area contributed by atoms with Crippen LogP contribution in [0.5, 0.6) is 0 Å². The first-order chi connectivity index (χ1) is 10.7. The molecule has 4 nitrogen and oxygen atoms in total. The van der Waals surface area contributed by atoms with Gasteiger partial charge in [0.2, 0.25) is 0 Å². The van der Waals surface area contributed by atoms with Gasteiger partial charge in [-0.25, -0.2) is 9.59 Å². The molecule has 0 aromatic carbocycles. The summed E-state index contributed by atoms with van der Waals surface area (Å²) in [5.74, 6) is -0.643. The Kier molecular flexibility index (Phi) is 8.20. The number of hydrogen-bond donors (Lipinski definition) is 0. The lowest BCUT2D eigenvalue weighted by Crippen LogP contribution is -2.36. The van der Waals surface area contributed by atoms with Crippen molar-refractivity contribution in [3.63, 3.8) is 0 Å². The summed E-state index contributed by atoms with van der Waals surface area (Å²) < 4.78 is 11.0. The number of carbonyl (C=O) groups excluding carboxylic acids is 2. The zero-order valence-corrected chi connectivity index (χ0v) is 17.1. The second-order valence-electron chi connectivity index (χ2n) is 9.27. The van der Waals surface area contributed by atoms with Crippen LogP contribution in [-0.2, 0) is 19.1 Å². The molecule has 0 aromatic heterocycles. The lowest BCUT2D eigenvalue weighted by Gasteiger charge is -2.33. The van der Waals surface area contributed by atoms with E-state index in [4.69, 9.17) is 9.47 Å². The van der Waals surface area contributed by atoms with Crippen LogP contribution in [0.25, 0.3) is 0 Å². The molecule has 0 amide bonds. The van der Waals surface area contributed by atoms with Gasteiger partial charge in [-0.2, -0.15) is 0 Å². The molecule has 0 aromatic rings. The first kappa shape index (κ1) is 22.7. The van der Waals surface area contributed by atoms with Crippen LogP contribution in [0.1, 0.15) is 69.2 Å². The molecule has 2 unspecified atom stereocenters. The van der Waals surface area contributed by atoms with Gasteiger partial charge in [0, 0.05) is 12.2 Å². The van der Waals surface area contributed by atoms with Crippen LogP contribution < -0.4 is 0 Å². The van der Waals surface area contributed by atoms with E-state index in [1.54, 1.807) is 0 Å². The van der Waals surface area contributed by atoms with Crippen LogP contribution in [0.15, 0.2) is 12.2 Å². The standard InChI is InChI=1S/C20H36O4/c1-13(2)17(19(5,6)7)23-15(21)11-12-16(22)24-18(14(3)4)20(8,9)10/h11-14,17-18H,1-10H3/b12-11+. The lowest BCUT2D eigenvalue weighted by molar-refractivity contribution is -0.154. The largest absolute Gasteiger partial charge is 0.458 e. The first-order valence-corrected chi connectivity index (χ1v) is 8.75. The molecule has 0 fully saturated rings. The topological polar surface area (TPSA) is 52.6 Å². The minimum absolute atomic E-state index is 0.160. The van der Waals surface area contributed by atoms with Gasteiger partial charge in [0.15, 0.2) is 0 Å². The van der Waals surface area contributed by atoms with Crippen LogP contribution in [-0.4, -0.2) is 24.1 Å². The smallest absolute Gasteiger partial charge is 0.331 e. The average molecular weight is 341 g/mol. The number of rotatable bonds is 6. The Morgan fingerprint density at radius 1 is 0.667 bits per heavy atom. The minimum Gasteiger partial charge on any atom is -0.458 e. The zero-order valence-electron chi connectivity index (χ0n) is 17.1. The van der Waals surface area contributed by atoms with Crippen molar-refractivity contribution in [3.05, 3.63) is 12.2 Å². The number of carbonyl (C=O) groups is 2. The molecule has 0 aliphatic carbocycles. The molecule has 0 aliphatic heterocycles. The Balaban J connectivity index is 4.83. The summed E-state index contributed by atoms with van der Waals surface area (Å²) in [5.41, 5.74) is -0.319. The summed E-state index contributed by atoms with van der Waals surface area (Å²) in [7, 11) is 0. The molecule has 0 heterocycles. The summed E-state index contributed by atoms with van der Waals surface area (Å²) in [6, 6.07) is 0. The van der Waals surface area contributed by atoms with Gasteiger partial charge in [-0.15, -0.1) is 0 Å². The molecule has 0 saturated carbocycles. The Labute approximate surface area is 148 Å². The van der Waals surface area contributed by atoms with Crippen molar-refractivity contribution in [1.29, 1.82) is 0 Å². The Bertz CT molecular complexity index is 405. The number of ether oxygens (including phenoxy) is 2. The van der Waals surface area contributed by atoms with E-state index in [0.717, 1.165) is 12.2 Å². The third-order valence-electron chi connectivity index (χ3n) is 3.76. The van der Waals surface area contributed by atoms with Gasteiger partial charge in [0.1, 0.15) is 12.2 Å². The van der Waals surface area contributed by atoms with E-state index in [0.29, 0.717) is 0 Å². The summed E-state index contributed by atoms with van der Waals surface area (Å²) >= 11 is 0. The zero-order chi connectivity index (χ0) is 19.3. The van der Waals surface area contributed by atoms with Gasteiger partial charge in [0.05, 0.1) is 0 Å². The van der Waals surface area contributed by atoms with Gasteiger partial charge < -0.3 is 9.47 Å². The van der Waals surface area contributed by atoms with Crippen LogP contribution >= 0.6 is 0 Å². The van der Waals surface area contributed by atoms with Gasteiger partial charge in [-0.3, -0.25) is 0 Å². The predicted molar refractivity (Wildman–Crippen MR) is 97.5 cm³/mol. The molecular weight excluding hydrogens is 304 g/mol. The van der Waals surface area contributed by atoms with E-state index < -0.39 is 11.9 Å². The van der Waals surface area contributed by atoms with Crippen molar-refractivity contribution >= 4 is 11.9 Å². The molecule has 2 atom stereocenters. The highest BCUT2D eigenvalue weighted by Crippen LogP contribution is 2.29. The first-order valence-electron chi connectivity index (χ1n) is 8.75. The fourth-order valence-electron chi connectivity index (χ4n) is 3.09. The van der Waals surface area contributed by atoms with Gasteiger partial charge in [-0.1, -0.05) is 69.2 Å². The minimum atomic E-state index is -0.516. The third kappa shape index (κ3) is 7.98. The van der Waals surface area contributed by atoms with Crippen LogP contribution in [0.4, 0.5) is 0 Å². The SMILES string of the molecule is CC(C)C(OC(=O)/C=C/C(=O)OC(C(C)C)C(C)(C)C)C(C)(C)C. The fourth-order valence-corrected chi connectivity index (χ4v) is 3.09. The molecule has 0 bridgehead atoms. The van der Waals surface area contributed by atoms with E-state index in [2.05, 4.69) is 0 Å². The summed E-state index contributed by atoms with van der Waals surface area (Å²) in [6.07, 6.45) is 1.87. The maximum absolute atomic E-state index is 12.0. The van der Waals surface area contributed by atoms with Crippen LogP contribution in [0.3, 0.4) is 0 Å². The Morgan fingerprint density at radius 2 is 0.917 bits per heavy atom. The van der Waals surface area contributed by atoms with E-state index in [1.165, 1.54) is 0 Å². The van der Waals surface area contributed by atoms with Crippen molar-refractivity contribution < 1.29 is 19.1 Å². The fraction of sp³-hybridized carbons (Fsp3) is 0.800. The van der Waals surface area contributed by atoms with Crippen molar-refractivity contribution in [3.8, 4) is 0 Å². The Hall–Kier alpha value is -1.32. The molecule has 0 spiro atoms. The van der Waals surface area contributed by atoms with E-state index in [1.807, 2.05) is 69.2 Å². The summed E-state index contributed by atoms with van der Waals surface area (Å²) in [6.45, 7) is 20.2. The van der Waals surface area contributed by atoms with Crippen LogP contribution in [0, 0.1) is 22.7 Å². The van der Waals surface area contributed by atoms with Gasteiger partial charge in [-0.05, 0) is 22.7 Å². The summed E-state index contributed by atoms with van der Waals surface area (Å²) in [4.78, 5) is 24.0. The summed E-state index contributed by atoms with van der Waals surface area (Å²) in [5, 5.41) is 0.